The topological polar surface area (TPSA) is 51.7 Å². The number of ether oxygens (including phenoxy) is 2. The van der Waals surface area contributed by atoms with Gasteiger partial charge in [-0.25, -0.2) is 4.98 Å². The lowest BCUT2D eigenvalue weighted by molar-refractivity contribution is -0.0442. The highest BCUT2D eigenvalue weighted by Gasteiger charge is 2.58. The highest BCUT2D eigenvalue weighted by Crippen LogP contribution is 2.59. The first kappa shape index (κ1) is 14.1. The first-order chi connectivity index (χ1) is 11.1. The van der Waals surface area contributed by atoms with Crippen molar-refractivity contribution in [1.29, 1.82) is 0 Å². The van der Waals surface area contributed by atoms with E-state index in [1.807, 2.05) is 4.90 Å². The number of carbonyl (C=O) groups is 1. The van der Waals surface area contributed by atoms with Crippen molar-refractivity contribution in [3.05, 3.63) is 28.2 Å². The molecule has 3 heterocycles. The van der Waals surface area contributed by atoms with E-state index in [0.29, 0.717) is 35.8 Å². The van der Waals surface area contributed by atoms with Crippen molar-refractivity contribution in [1.82, 2.24) is 9.88 Å². The first-order valence-electron chi connectivity index (χ1n) is 8.32. The van der Waals surface area contributed by atoms with Crippen LogP contribution in [0.15, 0.2) is 18.3 Å². The molecule has 1 saturated carbocycles. The monoisotopic (exact) mass is 332 g/mol. The molecule has 0 spiro atoms. The molecular formula is C17H20N2O3S. The van der Waals surface area contributed by atoms with Crippen LogP contribution in [0.1, 0.15) is 34.3 Å². The maximum Gasteiger partial charge on any atom is 0.265 e. The fourth-order valence-corrected chi connectivity index (χ4v) is 5.76. The van der Waals surface area contributed by atoms with Crippen LogP contribution in [0.5, 0.6) is 0 Å². The fourth-order valence-electron chi connectivity index (χ4n) is 4.88. The number of amides is 1. The van der Waals surface area contributed by atoms with Crippen molar-refractivity contribution in [2.24, 2.45) is 23.2 Å². The molecule has 2 bridgehead atoms. The highest BCUT2D eigenvalue weighted by molar-refractivity contribution is 7.13. The summed E-state index contributed by atoms with van der Waals surface area (Å²) in [6, 6.07) is 0. The zero-order valence-electron chi connectivity index (χ0n) is 13.1. The number of fused-ring (bicyclic) bond motifs is 5. The van der Waals surface area contributed by atoms with E-state index in [9.17, 15) is 4.79 Å². The van der Waals surface area contributed by atoms with E-state index in [1.165, 1.54) is 17.8 Å². The number of likely N-dealkylation sites (tertiary alicyclic amines) is 1. The normalized spacial score (nSPS) is 38.7. The van der Waals surface area contributed by atoms with Crippen molar-refractivity contribution in [3.63, 3.8) is 0 Å². The second-order valence-electron chi connectivity index (χ2n) is 7.33. The fraction of sp³-hybridized carbons (Fsp3) is 0.647. The summed E-state index contributed by atoms with van der Waals surface area (Å²) in [6.45, 7) is 5.29. The Hall–Kier alpha value is -1.24. The predicted molar refractivity (Wildman–Crippen MR) is 85.0 cm³/mol. The van der Waals surface area contributed by atoms with Crippen LogP contribution < -0.4 is 0 Å². The zero-order chi connectivity index (χ0) is 15.6. The smallest absolute Gasteiger partial charge is 0.265 e. The van der Waals surface area contributed by atoms with Crippen LogP contribution in [0.25, 0.3) is 0 Å². The maximum atomic E-state index is 12.9. The molecule has 2 saturated heterocycles. The minimum atomic E-state index is -0.392. The SMILES string of the molecule is C[C@@]12CN(C(=O)c3cnc(C4OCCO4)s3)C[C@H]1[C@@H]1C=C[C@H]2C1. The lowest BCUT2D eigenvalue weighted by atomic mass is 9.72. The summed E-state index contributed by atoms with van der Waals surface area (Å²) in [5, 5.41) is 0.748. The molecule has 0 N–H and O–H groups in total. The van der Waals surface area contributed by atoms with Crippen molar-refractivity contribution in [3.8, 4) is 0 Å². The van der Waals surface area contributed by atoms with E-state index in [0.717, 1.165) is 18.1 Å². The summed E-state index contributed by atoms with van der Waals surface area (Å²) in [5.41, 5.74) is 0.264. The molecule has 0 radical (unpaired) electrons. The molecule has 0 unspecified atom stereocenters. The summed E-state index contributed by atoms with van der Waals surface area (Å²) in [5.74, 6) is 2.05. The van der Waals surface area contributed by atoms with Crippen molar-refractivity contribution in [2.75, 3.05) is 26.3 Å². The minimum Gasteiger partial charge on any atom is -0.344 e. The van der Waals surface area contributed by atoms with Crippen molar-refractivity contribution < 1.29 is 14.3 Å². The minimum absolute atomic E-state index is 0.113. The predicted octanol–water partition coefficient (Wildman–Crippen LogP) is 2.47. The molecule has 4 atom stereocenters. The van der Waals surface area contributed by atoms with E-state index in [2.05, 4.69) is 24.1 Å². The molecule has 23 heavy (non-hydrogen) atoms. The lowest BCUT2D eigenvalue weighted by Crippen LogP contribution is -2.33. The molecule has 2 aliphatic carbocycles. The van der Waals surface area contributed by atoms with Crippen LogP contribution in [-0.2, 0) is 9.47 Å². The van der Waals surface area contributed by atoms with Gasteiger partial charge in [-0.1, -0.05) is 19.1 Å². The Kier molecular flexibility index (Phi) is 3.00. The van der Waals surface area contributed by atoms with Crippen LogP contribution in [0.2, 0.25) is 0 Å². The van der Waals surface area contributed by atoms with Crippen LogP contribution in [0.3, 0.4) is 0 Å². The van der Waals surface area contributed by atoms with Gasteiger partial charge in [0.1, 0.15) is 9.88 Å². The molecule has 2 aliphatic heterocycles. The molecule has 1 amide bonds. The lowest BCUT2D eigenvalue weighted by Gasteiger charge is -2.31. The summed E-state index contributed by atoms with van der Waals surface area (Å²) in [6.07, 6.45) is 7.30. The molecule has 1 aromatic heterocycles. The van der Waals surface area contributed by atoms with Crippen LogP contribution in [0, 0.1) is 23.2 Å². The zero-order valence-corrected chi connectivity index (χ0v) is 13.9. The number of hydrogen-bond donors (Lipinski definition) is 0. The quantitative estimate of drug-likeness (QED) is 0.781. The Labute approximate surface area is 139 Å². The second-order valence-corrected chi connectivity index (χ2v) is 8.39. The van der Waals surface area contributed by atoms with E-state index >= 15 is 0 Å². The molecular weight excluding hydrogens is 312 g/mol. The average Bonchev–Trinajstić information content (AvgIpc) is 3.29. The molecule has 6 heteroatoms. The summed E-state index contributed by atoms with van der Waals surface area (Å²) >= 11 is 1.40. The van der Waals surface area contributed by atoms with Crippen molar-refractivity contribution >= 4 is 17.2 Å². The molecule has 4 aliphatic rings. The maximum absolute atomic E-state index is 12.9. The second kappa shape index (κ2) is 4.88. The summed E-state index contributed by atoms with van der Waals surface area (Å²) in [7, 11) is 0. The molecule has 3 fully saturated rings. The van der Waals surface area contributed by atoms with E-state index in [1.54, 1.807) is 6.20 Å². The van der Waals surface area contributed by atoms with Gasteiger partial charge in [-0.2, -0.15) is 0 Å². The molecule has 5 nitrogen and oxygen atoms in total. The van der Waals surface area contributed by atoms with E-state index in [-0.39, 0.29) is 11.3 Å². The number of aromatic nitrogens is 1. The largest absolute Gasteiger partial charge is 0.344 e. The van der Waals surface area contributed by atoms with Crippen LogP contribution in [-0.4, -0.2) is 42.1 Å². The summed E-state index contributed by atoms with van der Waals surface area (Å²) < 4.78 is 10.9. The van der Waals surface area contributed by atoms with E-state index in [4.69, 9.17) is 9.47 Å². The molecule has 122 valence electrons. The third kappa shape index (κ3) is 1.98. The Morgan fingerprint density at radius 2 is 2.22 bits per heavy atom. The van der Waals surface area contributed by atoms with Gasteiger partial charge < -0.3 is 14.4 Å². The Morgan fingerprint density at radius 3 is 3.00 bits per heavy atom. The number of hydrogen-bond acceptors (Lipinski definition) is 5. The molecule has 1 aromatic rings. The van der Waals surface area contributed by atoms with Crippen LogP contribution >= 0.6 is 11.3 Å². The highest BCUT2D eigenvalue weighted by atomic mass is 32.1. The number of nitrogens with zero attached hydrogens (tertiary/aromatic N) is 2. The number of rotatable bonds is 2. The van der Waals surface area contributed by atoms with Gasteiger partial charge in [-0.3, -0.25) is 4.79 Å². The summed E-state index contributed by atoms with van der Waals surface area (Å²) in [4.78, 5) is 19.9. The van der Waals surface area contributed by atoms with Gasteiger partial charge in [-0.15, -0.1) is 11.3 Å². The third-order valence-corrected chi connectivity index (χ3v) is 7.13. The average molecular weight is 332 g/mol. The number of allylic oxidation sites excluding steroid dienone is 2. The van der Waals surface area contributed by atoms with Gasteiger partial charge in [-0.05, 0) is 29.6 Å². The third-order valence-electron chi connectivity index (χ3n) is 6.12. The van der Waals surface area contributed by atoms with Gasteiger partial charge in [0, 0.05) is 13.1 Å². The number of thiazole rings is 1. The Morgan fingerprint density at radius 1 is 1.39 bits per heavy atom. The van der Waals surface area contributed by atoms with Crippen molar-refractivity contribution in [2.45, 2.75) is 19.6 Å². The van der Waals surface area contributed by atoms with E-state index < -0.39 is 6.29 Å². The Balaban J connectivity index is 1.34. The van der Waals surface area contributed by atoms with Gasteiger partial charge in [0.05, 0.1) is 19.4 Å². The standard InChI is InChI=1S/C17H20N2O3S/c1-17-9-19(8-12(17)10-2-3-11(17)6-10)15(20)13-7-18-14(23-13)16-21-4-5-22-16/h2-3,7,10-12,16H,4-6,8-9H2,1H3/t10-,11+,12+,17+/m1/s1. The first-order valence-corrected chi connectivity index (χ1v) is 9.13. The van der Waals surface area contributed by atoms with Gasteiger partial charge >= 0.3 is 0 Å². The van der Waals surface area contributed by atoms with Gasteiger partial charge in [0.2, 0.25) is 6.29 Å². The van der Waals surface area contributed by atoms with Crippen LogP contribution in [0.4, 0.5) is 0 Å². The van der Waals surface area contributed by atoms with Gasteiger partial charge in [0.15, 0.2) is 0 Å². The molecule has 0 aromatic carbocycles. The molecule has 5 rings (SSSR count). The number of carbonyl (C=O) groups excluding carboxylic acids is 1. The Bertz CT molecular complexity index is 681. The van der Waals surface area contributed by atoms with Gasteiger partial charge in [0.25, 0.3) is 5.91 Å².